The third-order valence-electron chi connectivity index (χ3n) is 6.48. The van der Waals surface area contributed by atoms with Gasteiger partial charge in [-0.25, -0.2) is 0 Å². The molecule has 1 aliphatic heterocycles. The van der Waals surface area contributed by atoms with E-state index in [0.717, 1.165) is 34.7 Å². The van der Waals surface area contributed by atoms with Gasteiger partial charge >= 0.3 is 190 Å². The summed E-state index contributed by atoms with van der Waals surface area (Å²) in [5.74, 6) is 0.884. The van der Waals surface area contributed by atoms with Crippen molar-refractivity contribution < 1.29 is 10.2 Å². The van der Waals surface area contributed by atoms with Crippen molar-refractivity contribution >= 4 is 19.8 Å². The third-order valence-corrected chi connectivity index (χ3v) is 12.6. The minimum atomic E-state index is -1.19. The molecule has 2 aromatic carbocycles. The second kappa shape index (κ2) is 10.4. The summed E-state index contributed by atoms with van der Waals surface area (Å²) in [4.78, 5) is 2.55. The number of nitrogens with zero attached hydrogens (tertiary/aromatic N) is 1. The van der Waals surface area contributed by atoms with E-state index in [-0.39, 0.29) is 0 Å². The summed E-state index contributed by atoms with van der Waals surface area (Å²) >= 11 is -1.19. The average Bonchev–Trinajstić information content (AvgIpc) is 3.10. The number of rotatable bonds is 8. The van der Waals surface area contributed by atoms with Gasteiger partial charge in [0.25, 0.3) is 0 Å². The molecule has 1 heterocycles. The third kappa shape index (κ3) is 5.91. The maximum atomic E-state index is 10.2. The van der Waals surface area contributed by atoms with Crippen molar-refractivity contribution in [1.29, 1.82) is 0 Å². The Hall–Kier alpha value is -1.27. The molecule has 0 aromatic heterocycles. The number of halogens is 1. The molecule has 0 radical (unpaired) electrons. The molecule has 4 heteroatoms. The van der Waals surface area contributed by atoms with Crippen molar-refractivity contribution in [3.05, 3.63) is 57.6 Å². The Morgan fingerprint density at radius 3 is 1.90 bits per heavy atom. The first-order valence-corrected chi connectivity index (χ1v) is 15.7. The average molecular weight is 523 g/mol. The van der Waals surface area contributed by atoms with Crippen LogP contribution in [-0.4, -0.2) is 43.6 Å². The van der Waals surface area contributed by atoms with Crippen molar-refractivity contribution in [2.24, 2.45) is 0 Å². The van der Waals surface area contributed by atoms with Crippen molar-refractivity contribution in [2.45, 2.75) is 63.8 Å². The molecule has 0 bridgehead atoms. The summed E-state index contributed by atoms with van der Waals surface area (Å²) < 4.78 is 3.93. The van der Waals surface area contributed by atoms with Crippen LogP contribution in [0.2, 0.25) is 0 Å². The van der Waals surface area contributed by atoms with Crippen LogP contribution in [0.3, 0.4) is 0 Å². The number of alkyl halides is 3. The predicted octanol–water partition coefficient (Wildman–Crippen LogP) is 6.06. The molecule has 3 nitrogen and oxygen atoms in total. The molecule has 1 saturated heterocycles. The quantitative estimate of drug-likeness (QED) is 0.326. The zero-order valence-corrected chi connectivity index (χ0v) is 21.4. The Bertz CT molecular complexity index is 833. The Balaban J connectivity index is 1.71. The van der Waals surface area contributed by atoms with Crippen LogP contribution in [-0.2, 0) is 10.8 Å². The van der Waals surface area contributed by atoms with E-state index in [4.69, 9.17) is 0 Å². The molecule has 2 aromatic rings. The van der Waals surface area contributed by atoms with Crippen molar-refractivity contribution in [3.8, 4) is 11.5 Å². The molecule has 1 aliphatic rings. The topological polar surface area (TPSA) is 43.7 Å². The van der Waals surface area contributed by atoms with Crippen molar-refractivity contribution in [1.82, 2.24) is 4.90 Å². The summed E-state index contributed by atoms with van der Waals surface area (Å²) in [5, 5.41) is 20.2. The summed E-state index contributed by atoms with van der Waals surface area (Å²) in [6, 6.07) is 9.49. The molecule has 0 aliphatic carbocycles. The predicted molar refractivity (Wildman–Crippen MR) is 137 cm³/mol. The molecule has 0 unspecified atom stereocenters. The van der Waals surface area contributed by atoms with E-state index in [1.54, 1.807) is 0 Å². The summed E-state index contributed by atoms with van der Waals surface area (Å²) in [5.41, 5.74) is 6.75. The number of likely N-dealkylation sites (tertiary alicyclic amines) is 1. The van der Waals surface area contributed by atoms with Gasteiger partial charge in [-0.15, -0.1) is 0 Å². The molecule has 1 fully saturated rings. The summed E-state index contributed by atoms with van der Waals surface area (Å²) in [6.07, 6.45) is 5.15. The molecule has 2 N–H and O–H groups in total. The number of phenols is 2. The monoisotopic (exact) mass is 523 g/mol. The zero-order valence-electron chi connectivity index (χ0n) is 19.3. The number of hydrogen-bond acceptors (Lipinski definition) is 3. The van der Waals surface area contributed by atoms with Crippen LogP contribution in [0.4, 0.5) is 0 Å². The minimum absolute atomic E-state index is 0.438. The Morgan fingerprint density at radius 2 is 1.40 bits per heavy atom. The van der Waals surface area contributed by atoms with E-state index in [1.807, 2.05) is 27.7 Å². The van der Waals surface area contributed by atoms with Gasteiger partial charge in [0.2, 0.25) is 0 Å². The molecule has 0 saturated carbocycles. The molecule has 166 valence electrons. The van der Waals surface area contributed by atoms with E-state index in [0.29, 0.717) is 11.5 Å². The van der Waals surface area contributed by atoms with Crippen LogP contribution in [0.5, 0.6) is 11.5 Å². The molecule has 3 rings (SSSR count). The van der Waals surface area contributed by atoms with Crippen LogP contribution in [0.25, 0.3) is 0 Å². The van der Waals surface area contributed by atoms with Gasteiger partial charge in [0.15, 0.2) is 0 Å². The van der Waals surface area contributed by atoms with Crippen LogP contribution in [0.15, 0.2) is 24.3 Å². The Kier molecular flexibility index (Phi) is 8.08. The second-order valence-corrected chi connectivity index (χ2v) is 15.2. The summed E-state index contributed by atoms with van der Waals surface area (Å²) in [6.45, 7) is 9.28. The molecule has 0 spiro atoms. The normalized spacial score (nSPS) is 17.5. The number of aryl methyl sites for hydroxylation is 5. The van der Waals surface area contributed by atoms with E-state index >= 15 is 0 Å². The van der Waals surface area contributed by atoms with Gasteiger partial charge in [0.05, 0.1) is 0 Å². The van der Waals surface area contributed by atoms with Gasteiger partial charge in [-0.05, 0) is 0 Å². The Morgan fingerprint density at radius 1 is 0.867 bits per heavy atom. The number of phenolic OH excluding ortho intramolecular Hbond substituents is 2. The zero-order chi connectivity index (χ0) is 21.8. The molecular weight excluding hydrogens is 485 g/mol. The van der Waals surface area contributed by atoms with E-state index in [2.05, 4.69) is 36.2 Å². The first-order chi connectivity index (χ1) is 14.2. The van der Waals surface area contributed by atoms with Crippen molar-refractivity contribution in [3.63, 3.8) is 0 Å². The fraction of sp³-hybridized carbons (Fsp3) is 0.538. The van der Waals surface area contributed by atoms with Crippen LogP contribution < -0.4 is 0 Å². The van der Waals surface area contributed by atoms with Gasteiger partial charge in [0.1, 0.15) is 0 Å². The van der Waals surface area contributed by atoms with E-state index in [9.17, 15) is 10.2 Å². The van der Waals surface area contributed by atoms with Gasteiger partial charge in [0, 0.05) is 0 Å². The second-order valence-electron chi connectivity index (χ2n) is 9.05. The van der Waals surface area contributed by atoms with Gasteiger partial charge in [-0.3, -0.25) is 0 Å². The number of aromatic hydroxyl groups is 2. The fourth-order valence-electron chi connectivity index (χ4n) is 4.63. The van der Waals surface area contributed by atoms with Gasteiger partial charge in [-0.2, -0.15) is 0 Å². The van der Waals surface area contributed by atoms with E-state index < -0.39 is 19.8 Å². The van der Waals surface area contributed by atoms with Crippen LogP contribution in [0.1, 0.15) is 52.6 Å². The fourth-order valence-corrected chi connectivity index (χ4v) is 10.6. The van der Waals surface area contributed by atoms with Crippen LogP contribution in [0, 0.1) is 27.7 Å². The first kappa shape index (κ1) is 23.4. The molecule has 0 amide bonds. The van der Waals surface area contributed by atoms with Gasteiger partial charge in [-0.1, -0.05) is 0 Å². The molecule has 1 atom stereocenters. The standard InChI is InChI=1S/C26H38INO2/c1-18-13-22(14-19(2)25(18)29)8-10-27(11-9-24-7-6-12-28(24)5)17-23-15-20(3)26(30)21(4)16-23/h13-16,24,29-30H,6-12,17H2,1-5H3/t24-/m1/s1. The van der Waals surface area contributed by atoms with Crippen LogP contribution >= 0.6 is 19.8 Å². The SMILES string of the molecule is Cc1cc(CCI(CC[C@H]2CCCN2C)Cc2cc(C)c(O)c(C)c2)cc(C)c1O. The maximum absolute atomic E-state index is 10.2. The molecular formula is C26H38INO2. The number of hydrogen-bond donors (Lipinski definition) is 2. The van der Waals surface area contributed by atoms with Crippen molar-refractivity contribution in [2.75, 3.05) is 22.4 Å². The van der Waals surface area contributed by atoms with Gasteiger partial charge < -0.3 is 0 Å². The summed E-state index contributed by atoms with van der Waals surface area (Å²) in [7, 11) is 2.28. The number of benzene rings is 2. The Labute approximate surface area is 189 Å². The molecule has 30 heavy (non-hydrogen) atoms. The van der Waals surface area contributed by atoms with E-state index in [1.165, 1.54) is 50.2 Å². The first-order valence-electron chi connectivity index (χ1n) is 11.1.